The molecule has 2 heterocycles. The van der Waals surface area contributed by atoms with Crippen molar-refractivity contribution in [3.63, 3.8) is 0 Å². The van der Waals surface area contributed by atoms with Gasteiger partial charge in [0.1, 0.15) is 17.1 Å². The van der Waals surface area contributed by atoms with Crippen molar-refractivity contribution < 1.29 is 14.5 Å². The summed E-state index contributed by atoms with van der Waals surface area (Å²) in [5, 5.41) is 22.1. The molecule has 1 amide bonds. The van der Waals surface area contributed by atoms with Gasteiger partial charge in [-0.15, -0.1) is 0 Å². The van der Waals surface area contributed by atoms with Gasteiger partial charge in [0, 0.05) is 10.9 Å². The first-order valence-electron chi connectivity index (χ1n) is 8.72. The van der Waals surface area contributed by atoms with Gasteiger partial charge in [-0.25, -0.2) is 4.68 Å². The maximum Gasteiger partial charge on any atom is 0.312 e. The number of carbonyl (C=O) groups is 1. The highest BCUT2D eigenvalue weighted by atomic mass is 79.9. The number of ether oxygens (including phenoxy) is 1. The van der Waals surface area contributed by atoms with E-state index in [0.717, 1.165) is 4.47 Å². The van der Waals surface area contributed by atoms with E-state index >= 15 is 0 Å². The molecule has 0 saturated carbocycles. The number of nitrogens with one attached hydrogen (secondary N) is 1. The topological polar surface area (TPSA) is 117 Å². The van der Waals surface area contributed by atoms with E-state index in [9.17, 15) is 14.9 Å². The smallest absolute Gasteiger partial charge is 0.312 e. The Balaban J connectivity index is 1.51. The van der Waals surface area contributed by atoms with Crippen molar-refractivity contribution in [3.05, 3.63) is 62.6 Å². The molecule has 3 rings (SSSR count). The fourth-order valence-corrected chi connectivity index (χ4v) is 3.03. The Labute approximate surface area is 174 Å². The van der Waals surface area contributed by atoms with E-state index in [2.05, 4.69) is 31.4 Å². The highest BCUT2D eigenvalue weighted by molar-refractivity contribution is 9.10. The molecule has 2 aromatic heterocycles. The number of hydrogen-bond donors (Lipinski definition) is 1. The van der Waals surface area contributed by atoms with Crippen molar-refractivity contribution in [1.82, 2.24) is 19.6 Å². The summed E-state index contributed by atoms with van der Waals surface area (Å²) in [7, 11) is 0. The number of nitrogens with zero attached hydrogens (tertiary/aromatic N) is 5. The lowest BCUT2D eigenvalue weighted by Crippen LogP contribution is -2.15. The predicted octanol–water partition coefficient (Wildman–Crippen LogP) is 3.43. The molecule has 0 saturated heterocycles. The van der Waals surface area contributed by atoms with Crippen LogP contribution in [-0.4, -0.2) is 30.4 Å². The van der Waals surface area contributed by atoms with Crippen LogP contribution in [-0.2, 0) is 18.1 Å². The van der Waals surface area contributed by atoms with Crippen LogP contribution in [0, 0.1) is 24.0 Å². The van der Waals surface area contributed by atoms with Crippen molar-refractivity contribution in [2.24, 2.45) is 0 Å². The first-order chi connectivity index (χ1) is 13.8. The molecule has 29 heavy (non-hydrogen) atoms. The Morgan fingerprint density at radius 2 is 2.03 bits per heavy atom. The molecule has 0 aliphatic carbocycles. The molecular formula is C18H19BrN6O4. The molecule has 10 nitrogen and oxygen atoms in total. The van der Waals surface area contributed by atoms with Gasteiger partial charge < -0.3 is 10.1 Å². The monoisotopic (exact) mass is 462 g/mol. The second kappa shape index (κ2) is 8.86. The summed E-state index contributed by atoms with van der Waals surface area (Å²) in [6.45, 7) is 3.64. The van der Waals surface area contributed by atoms with Crippen LogP contribution in [0.3, 0.4) is 0 Å². The zero-order valence-corrected chi connectivity index (χ0v) is 17.4. The van der Waals surface area contributed by atoms with Crippen molar-refractivity contribution >= 4 is 33.2 Å². The number of amides is 1. The third kappa shape index (κ3) is 5.19. The standard InChI is InChI=1S/C18H19BrN6O4/c1-12-18(25(27)28)13(2)24(22-12)8-7-17(26)21-15-9-20-23(10-15)11-29-16-5-3-14(19)4-6-16/h3-6,9-10H,7-8,11H2,1-2H3,(H,21,26). The van der Waals surface area contributed by atoms with Gasteiger partial charge in [-0.3, -0.25) is 19.6 Å². The zero-order valence-electron chi connectivity index (χ0n) is 15.8. The molecule has 11 heteroatoms. The van der Waals surface area contributed by atoms with Crippen molar-refractivity contribution in [3.8, 4) is 5.75 Å². The van der Waals surface area contributed by atoms with E-state index in [4.69, 9.17) is 4.74 Å². The fourth-order valence-electron chi connectivity index (χ4n) is 2.77. The van der Waals surface area contributed by atoms with Gasteiger partial charge in [-0.1, -0.05) is 15.9 Å². The molecule has 1 N–H and O–H groups in total. The lowest BCUT2D eigenvalue weighted by molar-refractivity contribution is -0.386. The summed E-state index contributed by atoms with van der Waals surface area (Å²) >= 11 is 3.36. The molecule has 0 radical (unpaired) electrons. The first-order valence-corrected chi connectivity index (χ1v) is 9.52. The van der Waals surface area contributed by atoms with Gasteiger partial charge in [0.2, 0.25) is 5.91 Å². The number of benzene rings is 1. The van der Waals surface area contributed by atoms with Crippen LogP contribution < -0.4 is 10.1 Å². The predicted molar refractivity (Wildman–Crippen MR) is 109 cm³/mol. The van der Waals surface area contributed by atoms with Crippen LogP contribution in [0.25, 0.3) is 0 Å². The van der Waals surface area contributed by atoms with Gasteiger partial charge in [0.15, 0.2) is 6.73 Å². The van der Waals surface area contributed by atoms with Gasteiger partial charge in [-0.05, 0) is 38.1 Å². The molecule has 0 atom stereocenters. The van der Waals surface area contributed by atoms with Gasteiger partial charge in [-0.2, -0.15) is 10.2 Å². The van der Waals surface area contributed by atoms with E-state index in [0.29, 0.717) is 22.8 Å². The first kappa shape index (κ1) is 20.5. The number of nitro groups is 1. The van der Waals surface area contributed by atoms with Crippen LogP contribution in [0.1, 0.15) is 17.8 Å². The minimum Gasteiger partial charge on any atom is -0.471 e. The van der Waals surface area contributed by atoms with E-state index in [-0.39, 0.29) is 31.3 Å². The number of halogens is 1. The maximum absolute atomic E-state index is 12.2. The van der Waals surface area contributed by atoms with Crippen molar-refractivity contribution in [2.45, 2.75) is 33.5 Å². The summed E-state index contributed by atoms with van der Waals surface area (Å²) in [6.07, 6.45) is 3.31. The molecule has 0 unspecified atom stereocenters. The minimum absolute atomic E-state index is 0.0162. The second-order valence-electron chi connectivity index (χ2n) is 6.29. The number of carbonyl (C=O) groups excluding carboxylic acids is 1. The van der Waals surface area contributed by atoms with E-state index in [1.807, 2.05) is 24.3 Å². The van der Waals surface area contributed by atoms with Crippen LogP contribution >= 0.6 is 15.9 Å². The Morgan fingerprint density at radius 1 is 1.31 bits per heavy atom. The Hall–Kier alpha value is -3.21. The van der Waals surface area contributed by atoms with Crippen LogP contribution in [0.4, 0.5) is 11.4 Å². The quantitative estimate of drug-likeness (QED) is 0.404. The minimum atomic E-state index is -0.459. The van der Waals surface area contributed by atoms with Crippen LogP contribution in [0.15, 0.2) is 41.1 Å². The van der Waals surface area contributed by atoms with Gasteiger partial charge in [0.25, 0.3) is 0 Å². The van der Waals surface area contributed by atoms with E-state index in [1.54, 1.807) is 24.7 Å². The Morgan fingerprint density at radius 3 is 2.69 bits per heavy atom. The van der Waals surface area contributed by atoms with Crippen molar-refractivity contribution in [2.75, 3.05) is 5.32 Å². The number of aryl methyl sites for hydroxylation is 2. The summed E-state index contributed by atoms with van der Waals surface area (Å²) < 4.78 is 9.61. The van der Waals surface area contributed by atoms with E-state index in [1.165, 1.54) is 10.9 Å². The largest absolute Gasteiger partial charge is 0.471 e. The third-order valence-corrected chi connectivity index (χ3v) is 4.70. The molecule has 152 valence electrons. The number of aromatic nitrogens is 4. The Bertz CT molecular complexity index is 1030. The summed E-state index contributed by atoms with van der Waals surface area (Å²) in [5.41, 5.74) is 1.28. The van der Waals surface area contributed by atoms with Gasteiger partial charge >= 0.3 is 5.69 Å². The number of rotatable bonds is 8. The van der Waals surface area contributed by atoms with Gasteiger partial charge in [0.05, 0.1) is 29.5 Å². The lowest BCUT2D eigenvalue weighted by atomic mass is 10.3. The highest BCUT2D eigenvalue weighted by Crippen LogP contribution is 2.22. The number of anilines is 1. The third-order valence-electron chi connectivity index (χ3n) is 4.17. The summed E-state index contributed by atoms with van der Waals surface area (Å²) in [5.74, 6) is 0.460. The molecule has 0 aliphatic rings. The molecule has 0 spiro atoms. The molecule has 0 fully saturated rings. The molecule has 0 aliphatic heterocycles. The zero-order chi connectivity index (χ0) is 21.0. The summed E-state index contributed by atoms with van der Waals surface area (Å²) in [4.78, 5) is 22.8. The Kier molecular flexibility index (Phi) is 6.27. The molecule has 1 aromatic carbocycles. The SMILES string of the molecule is Cc1nn(CCC(=O)Nc2cnn(COc3ccc(Br)cc3)c2)c(C)c1[N+](=O)[O-]. The highest BCUT2D eigenvalue weighted by Gasteiger charge is 2.21. The average molecular weight is 463 g/mol. The fraction of sp³-hybridized carbons (Fsp3) is 0.278. The molecule has 0 bridgehead atoms. The molecule has 3 aromatic rings. The van der Waals surface area contributed by atoms with E-state index < -0.39 is 4.92 Å². The second-order valence-corrected chi connectivity index (χ2v) is 7.21. The maximum atomic E-state index is 12.2. The number of hydrogen-bond acceptors (Lipinski definition) is 6. The lowest BCUT2D eigenvalue weighted by Gasteiger charge is -2.06. The van der Waals surface area contributed by atoms with Crippen molar-refractivity contribution in [1.29, 1.82) is 0 Å². The van der Waals surface area contributed by atoms with Crippen LogP contribution in [0.2, 0.25) is 0 Å². The molecular weight excluding hydrogens is 444 g/mol. The average Bonchev–Trinajstić information content (AvgIpc) is 3.23. The van der Waals surface area contributed by atoms with Crippen LogP contribution in [0.5, 0.6) is 5.75 Å². The normalized spacial score (nSPS) is 10.7. The summed E-state index contributed by atoms with van der Waals surface area (Å²) in [6, 6.07) is 7.42.